The summed E-state index contributed by atoms with van der Waals surface area (Å²) >= 11 is 0. The van der Waals surface area contributed by atoms with Crippen molar-refractivity contribution in [3.05, 3.63) is 117 Å². The summed E-state index contributed by atoms with van der Waals surface area (Å²) in [5, 5.41) is 0. The van der Waals surface area contributed by atoms with Crippen LogP contribution in [0.15, 0.2) is 117 Å². The number of hydrogen-bond donors (Lipinski definition) is 0. The van der Waals surface area contributed by atoms with Gasteiger partial charge in [-0.3, -0.25) is 0 Å². The van der Waals surface area contributed by atoms with Crippen LogP contribution >= 0.6 is 0 Å². The first kappa shape index (κ1) is 21.6. The van der Waals surface area contributed by atoms with E-state index in [1.165, 1.54) is 0 Å². The van der Waals surface area contributed by atoms with Gasteiger partial charge in [0.25, 0.3) is 0 Å². The minimum Gasteiger partial charge on any atom is -0.462 e. The van der Waals surface area contributed by atoms with Gasteiger partial charge in [-0.05, 0) is 84.4 Å². The Hall–Kier alpha value is -3.66. The third kappa shape index (κ3) is 4.65. The number of rotatable bonds is 5. The SMILES string of the molecule is CCOC(=O)C1=CC2=CC=CC=C(C=C1C1=CC3=CC=CC=C(C=C1C(=O)OCC)C3)C2. The molecule has 4 aliphatic carbocycles. The van der Waals surface area contributed by atoms with Crippen LogP contribution in [0, 0.1) is 0 Å². The van der Waals surface area contributed by atoms with E-state index in [0.29, 0.717) is 35.1 Å². The predicted octanol–water partition coefficient (Wildman–Crippen LogP) is 5.47. The van der Waals surface area contributed by atoms with E-state index < -0.39 is 11.9 Å². The van der Waals surface area contributed by atoms with Crippen molar-refractivity contribution in [2.75, 3.05) is 13.2 Å². The summed E-state index contributed by atoms with van der Waals surface area (Å²) < 4.78 is 10.8. The molecule has 4 bridgehead atoms. The second kappa shape index (κ2) is 9.65. The molecule has 4 heteroatoms. The van der Waals surface area contributed by atoms with Crippen LogP contribution in [0.1, 0.15) is 26.7 Å². The second-order valence-electron chi connectivity index (χ2n) is 7.76. The Bertz CT molecular complexity index is 1060. The van der Waals surface area contributed by atoms with Crippen molar-refractivity contribution in [1.82, 2.24) is 0 Å². The third-order valence-corrected chi connectivity index (χ3v) is 5.46. The van der Waals surface area contributed by atoms with Crippen molar-refractivity contribution in [3.8, 4) is 0 Å². The summed E-state index contributed by atoms with van der Waals surface area (Å²) in [7, 11) is 0. The van der Waals surface area contributed by atoms with E-state index in [1.807, 2.05) is 72.9 Å². The first-order valence-corrected chi connectivity index (χ1v) is 10.9. The van der Waals surface area contributed by atoms with Crippen molar-refractivity contribution in [2.45, 2.75) is 26.7 Å². The van der Waals surface area contributed by atoms with Gasteiger partial charge in [0.1, 0.15) is 0 Å². The zero-order valence-electron chi connectivity index (χ0n) is 18.4. The number of fused-ring (bicyclic) bond motifs is 4. The van der Waals surface area contributed by atoms with Gasteiger partial charge in [0.05, 0.1) is 24.4 Å². The lowest BCUT2D eigenvalue weighted by Gasteiger charge is -2.17. The van der Waals surface area contributed by atoms with Crippen LogP contribution < -0.4 is 0 Å². The van der Waals surface area contributed by atoms with E-state index in [0.717, 1.165) is 22.3 Å². The molecule has 0 aromatic rings. The van der Waals surface area contributed by atoms with Crippen LogP contribution in [0.3, 0.4) is 0 Å². The fourth-order valence-electron chi connectivity index (χ4n) is 4.07. The monoisotopic (exact) mass is 426 g/mol. The molecule has 0 N–H and O–H groups in total. The smallest absolute Gasteiger partial charge is 0.338 e. The Balaban J connectivity index is 1.95. The van der Waals surface area contributed by atoms with Crippen molar-refractivity contribution in [1.29, 1.82) is 0 Å². The summed E-state index contributed by atoms with van der Waals surface area (Å²) in [6, 6.07) is 0. The maximum Gasteiger partial charge on any atom is 0.338 e. The molecule has 0 saturated carbocycles. The van der Waals surface area contributed by atoms with Crippen LogP contribution in [0.2, 0.25) is 0 Å². The minimum absolute atomic E-state index is 0.271. The van der Waals surface area contributed by atoms with E-state index in [1.54, 1.807) is 13.8 Å². The largest absolute Gasteiger partial charge is 0.462 e. The molecule has 0 amide bonds. The third-order valence-electron chi connectivity index (χ3n) is 5.46. The van der Waals surface area contributed by atoms with Crippen molar-refractivity contribution < 1.29 is 19.1 Å². The molecule has 0 saturated heterocycles. The molecule has 0 atom stereocenters. The van der Waals surface area contributed by atoms with Gasteiger partial charge in [0.2, 0.25) is 0 Å². The van der Waals surface area contributed by atoms with Gasteiger partial charge in [0, 0.05) is 0 Å². The summed E-state index contributed by atoms with van der Waals surface area (Å²) in [4.78, 5) is 26.1. The van der Waals surface area contributed by atoms with E-state index >= 15 is 0 Å². The molecule has 0 aliphatic heterocycles. The van der Waals surface area contributed by atoms with E-state index in [2.05, 4.69) is 0 Å². The van der Waals surface area contributed by atoms with Crippen LogP contribution in [-0.2, 0) is 19.1 Å². The summed E-state index contributed by atoms with van der Waals surface area (Å²) in [5.41, 5.74) is 6.35. The Morgan fingerprint density at radius 2 is 0.969 bits per heavy atom. The fourth-order valence-corrected chi connectivity index (χ4v) is 4.07. The number of ether oxygens (including phenoxy) is 2. The molecule has 4 rings (SSSR count). The predicted molar refractivity (Wildman–Crippen MR) is 125 cm³/mol. The first-order chi connectivity index (χ1) is 15.6. The normalized spacial score (nSPS) is 19.2. The molecular formula is C28H26O4. The van der Waals surface area contributed by atoms with Gasteiger partial charge in [-0.2, -0.15) is 0 Å². The quantitative estimate of drug-likeness (QED) is 0.547. The first-order valence-electron chi connectivity index (χ1n) is 10.9. The van der Waals surface area contributed by atoms with Crippen LogP contribution in [0.5, 0.6) is 0 Å². The summed E-state index contributed by atoms with van der Waals surface area (Å²) in [6.45, 7) is 4.12. The topological polar surface area (TPSA) is 52.6 Å². The highest BCUT2D eigenvalue weighted by atomic mass is 16.5. The average molecular weight is 427 g/mol. The highest BCUT2D eigenvalue weighted by Crippen LogP contribution is 2.38. The number of hydrogen-bond acceptors (Lipinski definition) is 4. The maximum absolute atomic E-state index is 13.1. The Kier molecular flexibility index (Phi) is 6.50. The van der Waals surface area contributed by atoms with Crippen LogP contribution in [-0.4, -0.2) is 25.2 Å². The van der Waals surface area contributed by atoms with E-state index in [9.17, 15) is 9.59 Å². The Labute approximate surface area is 188 Å². The highest BCUT2D eigenvalue weighted by Gasteiger charge is 2.29. The molecule has 0 unspecified atom stereocenters. The van der Waals surface area contributed by atoms with Crippen LogP contribution in [0.4, 0.5) is 0 Å². The molecule has 4 nitrogen and oxygen atoms in total. The second-order valence-corrected chi connectivity index (χ2v) is 7.76. The zero-order valence-corrected chi connectivity index (χ0v) is 18.4. The highest BCUT2D eigenvalue weighted by molar-refractivity contribution is 6.02. The molecule has 0 radical (unpaired) electrons. The standard InChI is InChI=1S/C28H26O4/c1-3-31-27(29)25-17-21-11-7-5-9-19(13-21)15-23(25)24-16-20-10-6-8-12-22(14-20)18-26(24)28(30)32-4-2/h5-12,15-18H,3-4,13-14H2,1-2H3. The summed E-state index contributed by atoms with van der Waals surface area (Å²) in [5.74, 6) is -0.811. The molecule has 4 aliphatic rings. The number of carbonyl (C=O) groups is 2. The minimum atomic E-state index is -0.405. The lowest BCUT2D eigenvalue weighted by molar-refractivity contribution is -0.139. The molecule has 0 fully saturated rings. The fraction of sp³-hybridized carbons (Fsp3) is 0.214. The average Bonchev–Trinajstić information content (AvgIpc) is 3.27. The van der Waals surface area contributed by atoms with Gasteiger partial charge in [-0.15, -0.1) is 0 Å². The molecule has 0 aromatic heterocycles. The van der Waals surface area contributed by atoms with Gasteiger partial charge < -0.3 is 9.47 Å². The summed E-state index contributed by atoms with van der Waals surface area (Å²) in [6.07, 6.45) is 25.1. The van der Waals surface area contributed by atoms with Crippen molar-refractivity contribution in [2.24, 2.45) is 0 Å². The maximum atomic E-state index is 13.1. The lowest BCUT2D eigenvalue weighted by atomic mass is 9.89. The Morgan fingerprint density at radius 1 is 0.625 bits per heavy atom. The van der Waals surface area contributed by atoms with Crippen LogP contribution in [0.25, 0.3) is 0 Å². The van der Waals surface area contributed by atoms with Crippen molar-refractivity contribution in [3.63, 3.8) is 0 Å². The van der Waals surface area contributed by atoms with Gasteiger partial charge in [-0.1, -0.05) is 48.6 Å². The van der Waals surface area contributed by atoms with E-state index in [-0.39, 0.29) is 13.2 Å². The molecule has 0 heterocycles. The zero-order chi connectivity index (χ0) is 22.5. The molecule has 32 heavy (non-hydrogen) atoms. The number of allylic oxidation sites excluding steroid dienone is 16. The van der Waals surface area contributed by atoms with Gasteiger partial charge >= 0.3 is 11.9 Å². The lowest BCUT2D eigenvalue weighted by Crippen LogP contribution is -2.16. The van der Waals surface area contributed by atoms with Gasteiger partial charge in [0.15, 0.2) is 0 Å². The number of carbonyl (C=O) groups excluding carboxylic acids is 2. The molecule has 162 valence electrons. The molecule has 0 spiro atoms. The molecular weight excluding hydrogens is 400 g/mol. The number of esters is 2. The van der Waals surface area contributed by atoms with Gasteiger partial charge in [-0.25, -0.2) is 9.59 Å². The molecule has 0 aromatic carbocycles. The van der Waals surface area contributed by atoms with E-state index in [4.69, 9.17) is 9.47 Å². The van der Waals surface area contributed by atoms with Crippen molar-refractivity contribution >= 4 is 11.9 Å². The Morgan fingerprint density at radius 3 is 1.31 bits per heavy atom.